The molecule has 2 aromatic rings. The Kier molecular flexibility index (Phi) is 5.41. The molecular formula is C15H19ClN4O2. The number of piperidine rings is 1. The Bertz CT molecular complexity index is 633. The summed E-state index contributed by atoms with van der Waals surface area (Å²) in [6.45, 7) is 1.82. The number of hydrogen-bond donors (Lipinski definition) is 3. The number of nitrogens with one attached hydrogen (secondary N) is 1. The second kappa shape index (κ2) is 7.29. The molecule has 1 unspecified atom stereocenters. The average molecular weight is 323 g/mol. The Hall–Kier alpha value is -2.05. The van der Waals surface area contributed by atoms with E-state index in [0.29, 0.717) is 17.0 Å². The van der Waals surface area contributed by atoms with E-state index in [0.717, 1.165) is 25.9 Å². The van der Waals surface area contributed by atoms with Crippen LogP contribution >= 0.6 is 12.4 Å². The fourth-order valence-electron chi connectivity index (χ4n) is 2.40. The highest BCUT2D eigenvalue weighted by molar-refractivity contribution is 5.85. The fraction of sp³-hybridized carbons (Fsp3) is 0.333. The van der Waals surface area contributed by atoms with Crippen molar-refractivity contribution in [2.45, 2.75) is 18.9 Å². The number of anilines is 1. The summed E-state index contributed by atoms with van der Waals surface area (Å²) in [4.78, 5) is 0. The first kappa shape index (κ1) is 16.3. The monoisotopic (exact) mass is 322 g/mol. The van der Waals surface area contributed by atoms with E-state index in [-0.39, 0.29) is 30.1 Å². The molecule has 3 rings (SSSR count). The molecule has 0 aliphatic carbocycles. The van der Waals surface area contributed by atoms with E-state index < -0.39 is 0 Å². The second-order valence-electron chi connectivity index (χ2n) is 5.08. The number of nitrogen functional groups attached to an aromatic ring is 1. The van der Waals surface area contributed by atoms with Gasteiger partial charge in [0.15, 0.2) is 11.6 Å². The maximum Gasteiger partial charge on any atom is 0.188 e. The Balaban J connectivity index is 0.00000176. The van der Waals surface area contributed by atoms with Crippen LogP contribution in [0.5, 0.6) is 11.5 Å². The van der Waals surface area contributed by atoms with Gasteiger partial charge in [0, 0.05) is 18.2 Å². The molecule has 7 heteroatoms. The number of para-hydroxylation sites is 1. The molecule has 0 spiro atoms. The van der Waals surface area contributed by atoms with Gasteiger partial charge >= 0.3 is 0 Å². The molecule has 0 bridgehead atoms. The third-order valence-electron chi connectivity index (χ3n) is 3.51. The molecule has 1 saturated heterocycles. The van der Waals surface area contributed by atoms with E-state index in [4.69, 9.17) is 10.5 Å². The number of aromatic hydroxyl groups is 1. The van der Waals surface area contributed by atoms with Gasteiger partial charge in [-0.1, -0.05) is 12.1 Å². The summed E-state index contributed by atoms with van der Waals surface area (Å²) in [6.07, 6.45) is 2.15. The van der Waals surface area contributed by atoms with Crippen molar-refractivity contribution in [3.8, 4) is 22.8 Å². The number of phenolic OH excluding ortho intramolecular Hbond substituents is 1. The first-order valence-electron chi connectivity index (χ1n) is 7.03. The summed E-state index contributed by atoms with van der Waals surface area (Å²) in [5.41, 5.74) is 6.99. The van der Waals surface area contributed by atoms with Gasteiger partial charge in [0.2, 0.25) is 0 Å². The summed E-state index contributed by atoms with van der Waals surface area (Å²) in [6, 6.07) is 8.71. The molecule has 1 fully saturated rings. The Labute approximate surface area is 135 Å². The Morgan fingerprint density at radius 1 is 1.27 bits per heavy atom. The van der Waals surface area contributed by atoms with E-state index in [1.54, 1.807) is 24.3 Å². The molecule has 4 N–H and O–H groups in total. The molecule has 1 aromatic heterocycles. The lowest BCUT2D eigenvalue weighted by Crippen LogP contribution is -2.37. The quantitative estimate of drug-likeness (QED) is 0.800. The van der Waals surface area contributed by atoms with Gasteiger partial charge in [-0.25, -0.2) is 0 Å². The van der Waals surface area contributed by atoms with Gasteiger partial charge < -0.3 is 20.9 Å². The molecule has 22 heavy (non-hydrogen) atoms. The molecule has 0 amide bonds. The van der Waals surface area contributed by atoms with Gasteiger partial charge in [-0.2, -0.15) is 0 Å². The smallest absolute Gasteiger partial charge is 0.188 e. The summed E-state index contributed by atoms with van der Waals surface area (Å²) in [5, 5.41) is 21.1. The van der Waals surface area contributed by atoms with Crippen LogP contribution in [0.25, 0.3) is 11.3 Å². The van der Waals surface area contributed by atoms with Gasteiger partial charge in [-0.15, -0.1) is 22.6 Å². The Morgan fingerprint density at radius 3 is 2.82 bits per heavy atom. The van der Waals surface area contributed by atoms with Crippen LogP contribution in [0.2, 0.25) is 0 Å². The van der Waals surface area contributed by atoms with Crippen LogP contribution in [0.15, 0.2) is 30.3 Å². The van der Waals surface area contributed by atoms with Crippen LogP contribution in [-0.4, -0.2) is 34.5 Å². The molecule has 118 valence electrons. The molecule has 1 aliphatic heterocycles. The SMILES string of the molecule is Cl.Nc1nnc(-c2ccccc2O)cc1OC1CCCNC1. The zero-order valence-electron chi connectivity index (χ0n) is 12.0. The number of aromatic nitrogens is 2. The highest BCUT2D eigenvalue weighted by Gasteiger charge is 2.17. The highest BCUT2D eigenvalue weighted by Crippen LogP contribution is 2.31. The third kappa shape index (κ3) is 3.58. The summed E-state index contributed by atoms with van der Waals surface area (Å²) < 4.78 is 5.92. The van der Waals surface area contributed by atoms with Crippen LogP contribution in [0, 0.1) is 0 Å². The van der Waals surface area contributed by atoms with Gasteiger partial charge in [-0.05, 0) is 31.5 Å². The van der Waals surface area contributed by atoms with Gasteiger partial charge in [0.25, 0.3) is 0 Å². The predicted octanol–water partition coefficient (Wildman–Crippen LogP) is 1.98. The van der Waals surface area contributed by atoms with Crippen LogP contribution < -0.4 is 15.8 Å². The minimum Gasteiger partial charge on any atom is -0.507 e. The van der Waals surface area contributed by atoms with Crippen LogP contribution in [0.1, 0.15) is 12.8 Å². The number of phenols is 1. The lowest BCUT2D eigenvalue weighted by molar-refractivity contribution is 0.167. The summed E-state index contributed by atoms with van der Waals surface area (Å²) in [5.74, 6) is 0.929. The molecule has 1 atom stereocenters. The largest absolute Gasteiger partial charge is 0.507 e. The van der Waals surface area contributed by atoms with E-state index in [1.807, 2.05) is 6.07 Å². The number of benzene rings is 1. The number of nitrogens with zero attached hydrogens (tertiary/aromatic N) is 2. The zero-order chi connectivity index (χ0) is 14.7. The van der Waals surface area contributed by atoms with Crippen molar-refractivity contribution in [2.75, 3.05) is 18.8 Å². The van der Waals surface area contributed by atoms with E-state index in [9.17, 15) is 5.11 Å². The standard InChI is InChI=1S/C15H18N4O2.ClH/c16-15-14(21-10-4-3-7-17-9-10)8-12(18-19-15)11-5-1-2-6-13(11)20;/h1-2,5-6,8,10,17,20H,3-4,7,9H2,(H2,16,19);1H. The third-order valence-corrected chi connectivity index (χ3v) is 3.51. The highest BCUT2D eigenvalue weighted by atomic mass is 35.5. The number of ether oxygens (including phenoxy) is 1. The molecule has 1 aliphatic rings. The molecule has 0 radical (unpaired) electrons. The molecule has 2 heterocycles. The zero-order valence-corrected chi connectivity index (χ0v) is 12.8. The van der Waals surface area contributed by atoms with Gasteiger partial charge in [0.1, 0.15) is 17.5 Å². The first-order valence-corrected chi connectivity index (χ1v) is 7.03. The van der Waals surface area contributed by atoms with Crippen molar-refractivity contribution < 1.29 is 9.84 Å². The molecule has 0 saturated carbocycles. The minimum atomic E-state index is 0. The number of hydrogen-bond acceptors (Lipinski definition) is 6. The van der Waals surface area contributed by atoms with Crippen LogP contribution in [0.4, 0.5) is 5.82 Å². The lowest BCUT2D eigenvalue weighted by Gasteiger charge is -2.24. The Morgan fingerprint density at radius 2 is 2.09 bits per heavy atom. The molecule has 1 aromatic carbocycles. The van der Waals surface area contributed by atoms with Crippen molar-refractivity contribution in [2.24, 2.45) is 0 Å². The second-order valence-corrected chi connectivity index (χ2v) is 5.08. The van der Waals surface area contributed by atoms with Crippen LogP contribution in [0.3, 0.4) is 0 Å². The van der Waals surface area contributed by atoms with Gasteiger partial charge in [-0.3, -0.25) is 0 Å². The maximum atomic E-state index is 9.90. The van der Waals surface area contributed by atoms with Crippen molar-refractivity contribution in [1.82, 2.24) is 15.5 Å². The normalized spacial score (nSPS) is 17.5. The predicted molar refractivity (Wildman–Crippen MR) is 87.3 cm³/mol. The minimum absolute atomic E-state index is 0. The summed E-state index contributed by atoms with van der Waals surface area (Å²) >= 11 is 0. The summed E-state index contributed by atoms with van der Waals surface area (Å²) in [7, 11) is 0. The lowest BCUT2D eigenvalue weighted by atomic mass is 10.1. The van der Waals surface area contributed by atoms with Crippen molar-refractivity contribution >= 4 is 18.2 Å². The number of rotatable bonds is 3. The number of halogens is 1. The van der Waals surface area contributed by atoms with E-state index in [1.165, 1.54) is 0 Å². The molecular weight excluding hydrogens is 304 g/mol. The topological polar surface area (TPSA) is 93.3 Å². The van der Waals surface area contributed by atoms with E-state index in [2.05, 4.69) is 15.5 Å². The van der Waals surface area contributed by atoms with Gasteiger partial charge in [0.05, 0.1) is 0 Å². The van der Waals surface area contributed by atoms with Crippen molar-refractivity contribution in [1.29, 1.82) is 0 Å². The fourth-order valence-corrected chi connectivity index (χ4v) is 2.40. The van der Waals surface area contributed by atoms with E-state index >= 15 is 0 Å². The number of nitrogens with two attached hydrogens (primary N) is 1. The maximum absolute atomic E-state index is 9.90. The average Bonchev–Trinajstić information content (AvgIpc) is 2.51. The van der Waals surface area contributed by atoms with Crippen molar-refractivity contribution in [3.05, 3.63) is 30.3 Å². The van der Waals surface area contributed by atoms with Crippen molar-refractivity contribution in [3.63, 3.8) is 0 Å². The van der Waals surface area contributed by atoms with Crippen LogP contribution in [-0.2, 0) is 0 Å². The first-order chi connectivity index (χ1) is 10.2. The molecule has 6 nitrogen and oxygen atoms in total.